The lowest BCUT2D eigenvalue weighted by Gasteiger charge is -2.08. The second kappa shape index (κ2) is 6.97. The average Bonchev–Trinajstić information content (AvgIpc) is 2.91. The van der Waals surface area contributed by atoms with Gasteiger partial charge in [-0.2, -0.15) is 0 Å². The molecular formula is C19H18ClNO3. The van der Waals surface area contributed by atoms with Gasteiger partial charge in [0.15, 0.2) is 0 Å². The highest BCUT2D eigenvalue weighted by Crippen LogP contribution is 2.36. The van der Waals surface area contributed by atoms with Crippen molar-refractivity contribution in [2.24, 2.45) is 0 Å². The number of amides is 1. The third kappa shape index (κ3) is 3.10. The molecule has 3 rings (SSSR count). The molecule has 1 aliphatic rings. The zero-order valence-electron chi connectivity index (χ0n) is 13.6. The molecule has 5 heteroatoms. The number of ether oxygens (including phenoxy) is 2. The number of fused-ring (bicyclic) bond motifs is 1. The van der Waals surface area contributed by atoms with E-state index in [0.29, 0.717) is 23.0 Å². The van der Waals surface area contributed by atoms with Crippen LogP contribution in [0.4, 0.5) is 5.69 Å². The van der Waals surface area contributed by atoms with Crippen molar-refractivity contribution in [2.75, 3.05) is 25.4 Å². The van der Waals surface area contributed by atoms with Crippen LogP contribution in [0.25, 0.3) is 11.6 Å². The minimum Gasteiger partial charge on any atom is -0.497 e. The van der Waals surface area contributed by atoms with Gasteiger partial charge >= 0.3 is 0 Å². The summed E-state index contributed by atoms with van der Waals surface area (Å²) >= 11 is 5.82. The number of benzene rings is 2. The van der Waals surface area contributed by atoms with E-state index >= 15 is 0 Å². The number of hydrogen-bond acceptors (Lipinski definition) is 3. The Kier molecular flexibility index (Phi) is 4.76. The predicted octanol–water partition coefficient (Wildman–Crippen LogP) is 3.98. The summed E-state index contributed by atoms with van der Waals surface area (Å²) in [5.41, 5.74) is 4.24. The second-order valence-electron chi connectivity index (χ2n) is 5.44. The van der Waals surface area contributed by atoms with Gasteiger partial charge in [-0.15, -0.1) is 11.6 Å². The summed E-state index contributed by atoms with van der Waals surface area (Å²) in [4.78, 5) is 12.4. The van der Waals surface area contributed by atoms with Gasteiger partial charge in [-0.05, 0) is 42.3 Å². The standard InChI is InChI=1S/C19H18ClNO3/c1-23-14-5-4-13(18(11-14)24-2)10-16-15-9-12(7-8-20)3-6-17(15)21-19(16)22/h3-6,9-11H,7-8H2,1-2H3,(H,21,22). The molecule has 1 heterocycles. The lowest BCUT2D eigenvalue weighted by Crippen LogP contribution is -2.03. The molecule has 1 amide bonds. The smallest absolute Gasteiger partial charge is 0.256 e. The average molecular weight is 344 g/mol. The van der Waals surface area contributed by atoms with Crippen molar-refractivity contribution in [3.8, 4) is 11.5 Å². The number of halogens is 1. The van der Waals surface area contributed by atoms with E-state index in [9.17, 15) is 4.79 Å². The molecule has 2 aromatic rings. The van der Waals surface area contributed by atoms with Crippen molar-refractivity contribution >= 4 is 34.8 Å². The molecule has 4 nitrogen and oxygen atoms in total. The van der Waals surface area contributed by atoms with Crippen LogP contribution in [0.15, 0.2) is 36.4 Å². The lowest BCUT2D eigenvalue weighted by atomic mass is 10.0. The van der Waals surface area contributed by atoms with E-state index < -0.39 is 0 Å². The Balaban J connectivity index is 2.06. The summed E-state index contributed by atoms with van der Waals surface area (Å²) in [6, 6.07) is 11.4. The molecule has 0 atom stereocenters. The molecule has 0 spiro atoms. The third-order valence-corrected chi connectivity index (χ3v) is 4.18. The summed E-state index contributed by atoms with van der Waals surface area (Å²) in [5.74, 6) is 1.78. The highest BCUT2D eigenvalue weighted by Gasteiger charge is 2.24. The van der Waals surface area contributed by atoms with Crippen molar-refractivity contribution in [2.45, 2.75) is 6.42 Å². The van der Waals surface area contributed by atoms with Crippen LogP contribution < -0.4 is 14.8 Å². The van der Waals surface area contributed by atoms with Crippen molar-refractivity contribution in [1.29, 1.82) is 0 Å². The van der Waals surface area contributed by atoms with Crippen molar-refractivity contribution in [3.05, 3.63) is 53.1 Å². The van der Waals surface area contributed by atoms with E-state index in [1.165, 1.54) is 0 Å². The van der Waals surface area contributed by atoms with E-state index in [2.05, 4.69) is 5.32 Å². The zero-order chi connectivity index (χ0) is 17.1. The maximum Gasteiger partial charge on any atom is 0.256 e. The van der Waals surface area contributed by atoms with Gasteiger partial charge in [-0.25, -0.2) is 0 Å². The van der Waals surface area contributed by atoms with E-state index in [1.807, 2.05) is 36.4 Å². The highest BCUT2D eigenvalue weighted by atomic mass is 35.5. The molecule has 0 unspecified atom stereocenters. The predicted molar refractivity (Wildman–Crippen MR) is 96.9 cm³/mol. The molecule has 0 bridgehead atoms. The summed E-state index contributed by atoms with van der Waals surface area (Å²) in [5, 5.41) is 2.89. The Hall–Kier alpha value is -2.46. The Morgan fingerprint density at radius 1 is 1.12 bits per heavy atom. The van der Waals surface area contributed by atoms with Crippen LogP contribution in [0.3, 0.4) is 0 Å². The fraction of sp³-hybridized carbons (Fsp3) is 0.211. The molecule has 0 fully saturated rings. The molecule has 0 aliphatic carbocycles. The molecule has 1 N–H and O–H groups in total. The summed E-state index contributed by atoms with van der Waals surface area (Å²) in [6.07, 6.45) is 2.60. The van der Waals surface area contributed by atoms with Crippen LogP contribution in [-0.4, -0.2) is 26.0 Å². The second-order valence-corrected chi connectivity index (χ2v) is 5.82. The monoisotopic (exact) mass is 343 g/mol. The van der Waals surface area contributed by atoms with Crippen LogP contribution >= 0.6 is 11.6 Å². The number of hydrogen-bond donors (Lipinski definition) is 1. The number of rotatable bonds is 5. The zero-order valence-corrected chi connectivity index (χ0v) is 14.3. The Morgan fingerprint density at radius 2 is 1.96 bits per heavy atom. The van der Waals surface area contributed by atoms with Gasteiger partial charge in [0.2, 0.25) is 0 Å². The van der Waals surface area contributed by atoms with E-state index in [-0.39, 0.29) is 5.91 Å². The fourth-order valence-corrected chi connectivity index (χ4v) is 2.95. The molecule has 124 valence electrons. The topological polar surface area (TPSA) is 47.6 Å². The quantitative estimate of drug-likeness (QED) is 0.660. The first kappa shape index (κ1) is 16.4. The van der Waals surface area contributed by atoms with Crippen molar-refractivity contribution in [1.82, 2.24) is 0 Å². The maximum atomic E-state index is 12.4. The normalized spacial score (nSPS) is 14.5. The van der Waals surface area contributed by atoms with Crippen molar-refractivity contribution in [3.63, 3.8) is 0 Å². The van der Waals surface area contributed by atoms with E-state index in [0.717, 1.165) is 28.8 Å². The van der Waals surface area contributed by atoms with Crippen LogP contribution in [0.5, 0.6) is 11.5 Å². The van der Waals surface area contributed by atoms with Gasteiger partial charge < -0.3 is 14.8 Å². The molecular weight excluding hydrogens is 326 g/mol. The Labute approximate surface area is 146 Å². The number of methoxy groups -OCH3 is 2. The highest BCUT2D eigenvalue weighted by molar-refractivity contribution is 6.35. The van der Waals surface area contributed by atoms with Crippen LogP contribution in [0.2, 0.25) is 0 Å². The molecule has 1 aliphatic heterocycles. The first-order valence-electron chi connectivity index (χ1n) is 7.60. The maximum absolute atomic E-state index is 12.4. The van der Waals surface area contributed by atoms with Crippen LogP contribution in [0.1, 0.15) is 16.7 Å². The van der Waals surface area contributed by atoms with E-state index in [1.54, 1.807) is 20.3 Å². The lowest BCUT2D eigenvalue weighted by molar-refractivity contribution is -0.110. The number of carbonyl (C=O) groups is 1. The number of anilines is 1. The first-order chi connectivity index (χ1) is 11.7. The third-order valence-electron chi connectivity index (χ3n) is 3.99. The first-order valence-corrected chi connectivity index (χ1v) is 8.14. The Bertz CT molecular complexity index is 814. The number of alkyl halides is 1. The Morgan fingerprint density at radius 3 is 2.67 bits per heavy atom. The van der Waals surface area contributed by atoms with Gasteiger partial charge in [0.1, 0.15) is 11.5 Å². The number of carbonyl (C=O) groups excluding carboxylic acids is 1. The summed E-state index contributed by atoms with van der Waals surface area (Å²) in [6.45, 7) is 0. The number of aryl methyl sites for hydroxylation is 1. The molecule has 0 aromatic heterocycles. The summed E-state index contributed by atoms with van der Waals surface area (Å²) in [7, 11) is 3.20. The van der Waals surface area contributed by atoms with Crippen LogP contribution in [-0.2, 0) is 11.2 Å². The van der Waals surface area contributed by atoms with Crippen molar-refractivity contribution < 1.29 is 14.3 Å². The largest absolute Gasteiger partial charge is 0.497 e. The van der Waals surface area contributed by atoms with E-state index in [4.69, 9.17) is 21.1 Å². The molecule has 2 aromatic carbocycles. The minimum absolute atomic E-state index is 0.120. The molecule has 0 saturated heterocycles. The van der Waals surface area contributed by atoms with Crippen LogP contribution in [0, 0.1) is 0 Å². The molecule has 24 heavy (non-hydrogen) atoms. The SMILES string of the molecule is COc1ccc(C=C2C(=O)Nc3ccc(CCCl)cc32)c(OC)c1. The van der Waals surface area contributed by atoms with Gasteiger partial charge in [0.05, 0.1) is 14.2 Å². The number of nitrogens with one attached hydrogen (secondary N) is 1. The molecule has 0 saturated carbocycles. The molecule has 0 radical (unpaired) electrons. The fourth-order valence-electron chi connectivity index (χ4n) is 2.74. The van der Waals surface area contributed by atoms with Gasteiger partial charge in [0, 0.05) is 34.3 Å². The van der Waals surface area contributed by atoms with Gasteiger partial charge in [-0.3, -0.25) is 4.79 Å². The summed E-state index contributed by atoms with van der Waals surface area (Å²) < 4.78 is 10.6. The van der Waals surface area contributed by atoms with Gasteiger partial charge in [-0.1, -0.05) is 6.07 Å². The van der Waals surface area contributed by atoms with Gasteiger partial charge in [0.25, 0.3) is 5.91 Å². The minimum atomic E-state index is -0.120.